The summed E-state index contributed by atoms with van der Waals surface area (Å²) in [5.41, 5.74) is 15.1. The first-order valence-corrected chi connectivity index (χ1v) is 16.9. The fourth-order valence-corrected chi connectivity index (χ4v) is 9.31. The molecule has 0 spiro atoms. The highest BCUT2D eigenvalue weighted by Gasteiger charge is 2.61. The highest BCUT2D eigenvalue weighted by Crippen LogP contribution is 2.61. The lowest BCUT2D eigenvalue weighted by Crippen LogP contribution is -2.64. The van der Waals surface area contributed by atoms with Gasteiger partial charge in [0.2, 0.25) is 0 Å². The minimum Gasteiger partial charge on any atom is -0.335 e. The van der Waals surface area contributed by atoms with Gasteiger partial charge in [0, 0.05) is 38.9 Å². The second-order valence-electron chi connectivity index (χ2n) is 16.3. The normalized spacial score (nSPS) is 23.2. The third kappa shape index (κ3) is 3.63. The average molecular weight is 599 g/mol. The van der Waals surface area contributed by atoms with Gasteiger partial charge in [-0.05, 0) is 94.0 Å². The zero-order chi connectivity index (χ0) is 31.0. The second kappa shape index (κ2) is 8.97. The van der Waals surface area contributed by atoms with E-state index in [0.717, 1.165) is 5.02 Å². The molecule has 1 fully saturated rings. The maximum Gasteiger partial charge on any atom is 0.252 e. The number of rotatable bonds is 1. The van der Waals surface area contributed by atoms with Gasteiger partial charge in [-0.2, -0.15) is 0 Å². The number of halogens is 1. The van der Waals surface area contributed by atoms with E-state index in [-0.39, 0.29) is 28.5 Å². The van der Waals surface area contributed by atoms with Gasteiger partial charge in [-0.1, -0.05) is 115 Å². The molecule has 3 heterocycles. The minimum atomic E-state index is -0.000168. The van der Waals surface area contributed by atoms with E-state index in [1.165, 1.54) is 87.2 Å². The second-order valence-corrected chi connectivity index (χ2v) is 16.8. The van der Waals surface area contributed by atoms with Crippen LogP contribution >= 0.6 is 11.6 Å². The molecule has 0 aromatic heterocycles. The zero-order valence-corrected chi connectivity index (χ0v) is 28.4. The Hall–Kier alpha value is -3.17. The maximum atomic E-state index is 7.15. The van der Waals surface area contributed by atoms with Gasteiger partial charge in [-0.25, -0.2) is 0 Å². The van der Waals surface area contributed by atoms with Crippen LogP contribution in [0, 0.1) is 0 Å². The molecule has 3 aliphatic heterocycles. The summed E-state index contributed by atoms with van der Waals surface area (Å²) in [7, 11) is 0. The van der Waals surface area contributed by atoms with Crippen molar-refractivity contribution in [1.82, 2.24) is 0 Å². The van der Waals surface area contributed by atoms with Crippen molar-refractivity contribution in [2.45, 2.75) is 103 Å². The van der Waals surface area contributed by atoms with Crippen LogP contribution in [-0.4, -0.2) is 12.3 Å². The summed E-state index contributed by atoms with van der Waals surface area (Å²) in [6.45, 7) is 19.1. The van der Waals surface area contributed by atoms with Gasteiger partial charge in [0.15, 0.2) is 0 Å². The van der Waals surface area contributed by atoms with Crippen molar-refractivity contribution in [3.8, 4) is 0 Å². The molecule has 4 heteroatoms. The van der Waals surface area contributed by atoms with E-state index in [2.05, 4.69) is 138 Å². The molecule has 4 aromatic carbocycles. The number of hydrogen-bond acceptors (Lipinski definition) is 2. The minimum absolute atomic E-state index is 0.000168. The molecule has 2 nitrogen and oxygen atoms in total. The summed E-state index contributed by atoms with van der Waals surface area (Å²) >= 11 is 7.15. The third-order valence-corrected chi connectivity index (χ3v) is 12.0. The fourth-order valence-electron chi connectivity index (χ4n) is 9.11. The van der Waals surface area contributed by atoms with E-state index in [0.29, 0.717) is 0 Å². The van der Waals surface area contributed by atoms with E-state index in [1.807, 2.05) is 0 Å². The maximum absolute atomic E-state index is 7.15. The Kier molecular flexibility index (Phi) is 5.77. The lowest BCUT2D eigenvalue weighted by molar-refractivity contribution is 0.195. The molecule has 44 heavy (non-hydrogen) atoms. The Morgan fingerprint density at radius 2 is 1.36 bits per heavy atom. The van der Waals surface area contributed by atoms with E-state index < -0.39 is 0 Å². The summed E-state index contributed by atoms with van der Waals surface area (Å²) in [6, 6.07) is 28.1. The number of nitrogens with zero attached hydrogens (tertiary/aromatic N) is 2. The van der Waals surface area contributed by atoms with Gasteiger partial charge in [0.05, 0.1) is 5.54 Å². The van der Waals surface area contributed by atoms with Crippen LogP contribution < -0.4 is 26.2 Å². The largest absolute Gasteiger partial charge is 0.335 e. The van der Waals surface area contributed by atoms with Gasteiger partial charge >= 0.3 is 0 Å². The molecule has 224 valence electrons. The summed E-state index contributed by atoms with van der Waals surface area (Å²) in [4.78, 5) is 5.24. The van der Waals surface area contributed by atoms with Crippen molar-refractivity contribution in [2.75, 3.05) is 9.80 Å². The average Bonchev–Trinajstić information content (AvgIpc) is 3.18. The predicted molar refractivity (Wildman–Crippen MR) is 191 cm³/mol. The first kappa shape index (κ1) is 28.3. The smallest absolute Gasteiger partial charge is 0.252 e. The molecule has 0 bridgehead atoms. The number of benzene rings is 4. The van der Waals surface area contributed by atoms with Crippen molar-refractivity contribution in [1.29, 1.82) is 0 Å². The number of hydrogen-bond donors (Lipinski definition) is 0. The molecule has 8 rings (SSSR count). The summed E-state index contributed by atoms with van der Waals surface area (Å²) in [5, 5.41) is 0.803. The van der Waals surface area contributed by atoms with Gasteiger partial charge in [-0.3, -0.25) is 0 Å². The van der Waals surface area contributed by atoms with Crippen molar-refractivity contribution in [2.24, 2.45) is 0 Å². The summed E-state index contributed by atoms with van der Waals surface area (Å²) < 4.78 is 0. The lowest BCUT2D eigenvalue weighted by atomic mass is 9.33. The molecule has 4 aliphatic rings. The van der Waals surface area contributed by atoms with Crippen LogP contribution in [0.5, 0.6) is 0 Å². The Morgan fingerprint density at radius 1 is 0.705 bits per heavy atom. The van der Waals surface area contributed by atoms with Gasteiger partial charge in [0.25, 0.3) is 6.71 Å². The molecular weight excluding hydrogens is 555 g/mol. The molecule has 4 aromatic rings. The fraction of sp³-hybridized carbons (Fsp3) is 0.400. The van der Waals surface area contributed by atoms with Crippen LogP contribution in [0.25, 0.3) is 0 Å². The standard InChI is InChI=1S/C40H44BClN2/c1-37(2,3)25-14-17-28(18-15-25)43-32-19-16-26(38(4,5)6)22-31(32)41-30-13-11-12-29-36(30)44(34-24-27(42)23-33(43)35(34)41)40(8)21-10-9-20-39(29,40)7/h11-19,22-24H,9-10,20-21H2,1-8H3. The van der Waals surface area contributed by atoms with Gasteiger partial charge < -0.3 is 9.80 Å². The molecule has 0 radical (unpaired) electrons. The first-order valence-electron chi connectivity index (χ1n) is 16.6. The van der Waals surface area contributed by atoms with Crippen LogP contribution in [0.2, 0.25) is 5.02 Å². The third-order valence-electron chi connectivity index (χ3n) is 11.8. The predicted octanol–water partition coefficient (Wildman–Crippen LogP) is 9.29. The monoisotopic (exact) mass is 598 g/mol. The SMILES string of the molecule is CC(C)(C)c1ccc(N2c3ccc(C(C)(C)C)cc3B3c4cccc5c4N(c4cc(Cl)cc2c43)C2(C)CCCCC52C)cc1. The van der Waals surface area contributed by atoms with Crippen LogP contribution in [0.1, 0.15) is 97.8 Å². The molecule has 1 aliphatic carbocycles. The van der Waals surface area contributed by atoms with Gasteiger partial charge in [0.1, 0.15) is 0 Å². The zero-order valence-electron chi connectivity index (χ0n) is 27.6. The Labute approximate surface area is 269 Å². The van der Waals surface area contributed by atoms with Crippen LogP contribution in [0.15, 0.2) is 72.8 Å². The van der Waals surface area contributed by atoms with Crippen molar-refractivity contribution in [3.63, 3.8) is 0 Å². The molecule has 0 saturated heterocycles. The van der Waals surface area contributed by atoms with Crippen molar-refractivity contribution in [3.05, 3.63) is 94.5 Å². The molecular formula is C40H44BClN2. The number of fused-ring (bicyclic) bond motifs is 7. The molecule has 0 N–H and O–H groups in total. The van der Waals surface area contributed by atoms with Gasteiger partial charge in [-0.15, -0.1) is 0 Å². The van der Waals surface area contributed by atoms with Crippen LogP contribution in [0.4, 0.5) is 28.4 Å². The summed E-state index contributed by atoms with van der Waals surface area (Å²) in [6.07, 6.45) is 4.96. The van der Waals surface area contributed by atoms with Crippen LogP contribution in [0.3, 0.4) is 0 Å². The summed E-state index contributed by atoms with van der Waals surface area (Å²) in [5.74, 6) is 0. The van der Waals surface area contributed by atoms with Crippen LogP contribution in [-0.2, 0) is 16.2 Å². The lowest BCUT2D eigenvalue weighted by Gasteiger charge is -2.52. The molecule has 1 saturated carbocycles. The highest BCUT2D eigenvalue weighted by atomic mass is 35.5. The number of para-hydroxylation sites is 1. The van der Waals surface area contributed by atoms with E-state index in [9.17, 15) is 0 Å². The molecule has 2 atom stereocenters. The quantitative estimate of drug-likeness (QED) is 0.177. The highest BCUT2D eigenvalue weighted by molar-refractivity contribution is 7.00. The molecule has 0 amide bonds. The Balaban J connectivity index is 1.46. The van der Waals surface area contributed by atoms with E-state index in [4.69, 9.17) is 11.6 Å². The first-order chi connectivity index (χ1) is 20.7. The van der Waals surface area contributed by atoms with Crippen molar-refractivity contribution >= 4 is 63.1 Å². The van der Waals surface area contributed by atoms with Crippen molar-refractivity contribution < 1.29 is 0 Å². The van der Waals surface area contributed by atoms with E-state index in [1.54, 1.807) is 0 Å². The number of anilines is 5. The Morgan fingerprint density at radius 3 is 2.07 bits per heavy atom. The Bertz CT molecular complexity index is 1850. The topological polar surface area (TPSA) is 6.48 Å². The van der Waals surface area contributed by atoms with E-state index >= 15 is 0 Å². The molecule has 2 unspecified atom stereocenters.